The number of carbonyl (C=O) groups excluding carboxylic acids is 1. The highest BCUT2D eigenvalue weighted by Gasteiger charge is 2.23. The summed E-state index contributed by atoms with van der Waals surface area (Å²) in [5.74, 6) is 0.536. The molecule has 0 heterocycles. The summed E-state index contributed by atoms with van der Waals surface area (Å²) in [5, 5.41) is 0. The van der Waals surface area contributed by atoms with Crippen molar-refractivity contribution in [2.45, 2.75) is 45.8 Å². The molecule has 0 atom stereocenters. The van der Waals surface area contributed by atoms with E-state index in [9.17, 15) is 4.79 Å². The summed E-state index contributed by atoms with van der Waals surface area (Å²) in [6.45, 7) is 9.57. The van der Waals surface area contributed by atoms with E-state index in [0.717, 1.165) is 6.42 Å². The second kappa shape index (κ2) is 7.01. The average Bonchev–Trinajstić information content (AvgIpc) is 2.10. The van der Waals surface area contributed by atoms with Crippen LogP contribution in [0.1, 0.15) is 26.7 Å². The minimum atomic E-state index is -1.50. The molecule has 0 aliphatic carbocycles. The van der Waals surface area contributed by atoms with Gasteiger partial charge in [-0.3, -0.25) is 4.79 Å². The van der Waals surface area contributed by atoms with E-state index in [0.29, 0.717) is 18.9 Å². The van der Waals surface area contributed by atoms with Gasteiger partial charge in [0.05, 0.1) is 7.11 Å². The van der Waals surface area contributed by atoms with Crippen molar-refractivity contribution in [1.82, 2.24) is 0 Å². The summed E-state index contributed by atoms with van der Waals surface area (Å²) in [5.41, 5.74) is 0. The minimum Gasteiger partial charge on any atom is -0.469 e. The number of methoxy groups -OCH3 is 1. The highest BCUT2D eigenvalue weighted by Crippen LogP contribution is 2.17. The Balaban J connectivity index is 3.61. The summed E-state index contributed by atoms with van der Waals surface area (Å²) < 4.78 is 10.4. The van der Waals surface area contributed by atoms with E-state index in [-0.39, 0.29) is 5.97 Å². The fourth-order valence-electron chi connectivity index (χ4n) is 1.71. The Kier molecular flexibility index (Phi) is 6.84. The second-order valence-electron chi connectivity index (χ2n) is 4.89. The van der Waals surface area contributed by atoms with Crippen molar-refractivity contribution in [2.24, 2.45) is 5.92 Å². The van der Waals surface area contributed by atoms with Crippen molar-refractivity contribution in [3.63, 3.8) is 0 Å². The molecule has 0 saturated heterocycles. The molecule has 0 aromatic carbocycles. The normalized spacial score (nSPS) is 11.9. The molecule has 0 saturated carbocycles. The predicted octanol–water partition coefficient (Wildman–Crippen LogP) is 2.82. The third-order valence-electron chi connectivity index (χ3n) is 2.15. The smallest absolute Gasteiger partial charge is 0.305 e. The Hall–Kier alpha value is -0.353. The fourth-order valence-corrected chi connectivity index (χ4v) is 4.49. The molecule has 0 aliphatic heterocycles. The van der Waals surface area contributed by atoms with Crippen molar-refractivity contribution in [3.05, 3.63) is 0 Å². The number of hydrogen-bond donors (Lipinski definition) is 0. The van der Waals surface area contributed by atoms with Gasteiger partial charge in [0.25, 0.3) is 0 Å². The lowest BCUT2D eigenvalue weighted by molar-refractivity contribution is -0.140. The Morgan fingerprint density at radius 1 is 1.33 bits per heavy atom. The van der Waals surface area contributed by atoms with E-state index >= 15 is 0 Å². The maximum absolute atomic E-state index is 10.8. The maximum atomic E-state index is 10.8. The molecule has 0 aliphatic rings. The molecule has 0 rings (SSSR count). The number of ether oxygens (including phenoxy) is 1. The number of esters is 1. The molecule has 0 unspecified atom stereocenters. The maximum Gasteiger partial charge on any atom is 0.305 e. The molecule has 0 aromatic rings. The number of carbonyl (C=O) groups is 1. The topological polar surface area (TPSA) is 35.5 Å². The second-order valence-corrected chi connectivity index (χ2v) is 9.10. The first-order valence-electron chi connectivity index (χ1n) is 5.58. The van der Waals surface area contributed by atoms with Crippen LogP contribution in [0.25, 0.3) is 0 Å². The van der Waals surface area contributed by atoms with Gasteiger partial charge in [-0.25, -0.2) is 0 Å². The van der Waals surface area contributed by atoms with Crippen molar-refractivity contribution in [2.75, 3.05) is 13.7 Å². The van der Waals surface area contributed by atoms with Crippen molar-refractivity contribution >= 4 is 14.3 Å². The molecule has 0 aromatic heterocycles. The molecule has 3 nitrogen and oxygen atoms in total. The Morgan fingerprint density at radius 3 is 2.40 bits per heavy atom. The standard InChI is InChI=1S/C11H24O3Si/c1-10(2)9-15(4,5)14-8-6-7-11(12)13-3/h10H,6-9H2,1-5H3. The largest absolute Gasteiger partial charge is 0.469 e. The van der Waals surface area contributed by atoms with Crippen molar-refractivity contribution in [3.8, 4) is 0 Å². The van der Waals surface area contributed by atoms with Crippen LogP contribution in [0.3, 0.4) is 0 Å². The highest BCUT2D eigenvalue weighted by atomic mass is 28.4. The first-order valence-corrected chi connectivity index (χ1v) is 8.69. The van der Waals surface area contributed by atoms with Crippen LogP contribution in [0.4, 0.5) is 0 Å². The summed E-state index contributed by atoms with van der Waals surface area (Å²) in [7, 11) is -0.0834. The SMILES string of the molecule is COC(=O)CCCO[Si](C)(C)CC(C)C. The molecule has 0 spiro atoms. The average molecular weight is 232 g/mol. The zero-order valence-electron chi connectivity index (χ0n) is 10.6. The van der Waals surface area contributed by atoms with Gasteiger partial charge < -0.3 is 9.16 Å². The molecule has 0 bridgehead atoms. The molecule has 0 N–H and O–H groups in total. The summed E-state index contributed by atoms with van der Waals surface area (Å²) in [6.07, 6.45) is 1.23. The van der Waals surface area contributed by atoms with Crippen LogP contribution in [-0.4, -0.2) is 28.0 Å². The fraction of sp³-hybridized carbons (Fsp3) is 0.909. The Labute approximate surface area is 94.3 Å². The van der Waals surface area contributed by atoms with Gasteiger partial charge in [0.2, 0.25) is 0 Å². The van der Waals surface area contributed by atoms with Gasteiger partial charge in [-0.2, -0.15) is 0 Å². The monoisotopic (exact) mass is 232 g/mol. The van der Waals surface area contributed by atoms with E-state index in [1.54, 1.807) is 0 Å². The van der Waals surface area contributed by atoms with Crippen LogP contribution >= 0.6 is 0 Å². The Bertz CT molecular complexity index is 190. The molecule has 0 radical (unpaired) electrons. The van der Waals surface area contributed by atoms with E-state index in [2.05, 4.69) is 31.7 Å². The zero-order chi connectivity index (χ0) is 11.9. The van der Waals surface area contributed by atoms with Crippen LogP contribution in [0, 0.1) is 5.92 Å². The van der Waals surface area contributed by atoms with Crippen LogP contribution in [0.5, 0.6) is 0 Å². The molecular formula is C11H24O3Si. The van der Waals surface area contributed by atoms with E-state index in [1.165, 1.54) is 13.2 Å². The third kappa shape index (κ3) is 8.63. The van der Waals surface area contributed by atoms with Crippen molar-refractivity contribution in [1.29, 1.82) is 0 Å². The summed E-state index contributed by atoms with van der Waals surface area (Å²) in [4.78, 5) is 10.8. The molecule has 0 fully saturated rings. The number of rotatable bonds is 7. The van der Waals surface area contributed by atoms with Gasteiger partial charge in [-0.05, 0) is 31.5 Å². The third-order valence-corrected chi connectivity index (χ3v) is 4.93. The first-order chi connectivity index (χ1) is 6.87. The van der Waals surface area contributed by atoms with Crippen LogP contribution in [-0.2, 0) is 14.0 Å². The number of hydrogen-bond acceptors (Lipinski definition) is 3. The summed E-state index contributed by atoms with van der Waals surface area (Å²) in [6, 6.07) is 1.17. The molecule has 90 valence electrons. The molecule has 0 amide bonds. The first kappa shape index (κ1) is 14.6. The highest BCUT2D eigenvalue weighted by molar-refractivity contribution is 6.71. The van der Waals surface area contributed by atoms with Crippen LogP contribution in [0.2, 0.25) is 19.1 Å². The quantitative estimate of drug-likeness (QED) is 0.385. The lowest BCUT2D eigenvalue weighted by Crippen LogP contribution is -2.32. The predicted molar refractivity (Wildman–Crippen MR) is 64.3 cm³/mol. The van der Waals surface area contributed by atoms with E-state index in [4.69, 9.17) is 4.43 Å². The van der Waals surface area contributed by atoms with E-state index in [1.807, 2.05) is 0 Å². The minimum absolute atomic E-state index is 0.151. The zero-order valence-corrected chi connectivity index (χ0v) is 11.6. The summed E-state index contributed by atoms with van der Waals surface area (Å²) >= 11 is 0. The molecule has 15 heavy (non-hydrogen) atoms. The van der Waals surface area contributed by atoms with Gasteiger partial charge in [-0.1, -0.05) is 13.8 Å². The Morgan fingerprint density at radius 2 is 1.93 bits per heavy atom. The van der Waals surface area contributed by atoms with Gasteiger partial charge in [0, 0.05) is 13.0 Å². The van der Waals surface area contributed by atoms with Gasteiger partial charge in [0.15, 0.2) is 8.32 Å². The molecular weight excluding hydrogens is 208 g/mol. The van der Waals surface area contributed by atoms with Gasteiger partial charge in [-0.15, -0.1) is 0 Å². The lowest BCUT2D eigenvalue weighted by Gasteiger charge is -2.24. The van der Waals surface area contributed by atoms with Crippen LogP contribution in [0.15, 0.2) is 0 Å². The van der Waals surface area contributed by atoms with Crippen LogP contribution < -0.4 is 0 Å². The lowest BCUT2D eigenvalue weighted by atomic mass is 10.3. The molecule has 4 heteroatoms. The van der Waals surface area contributed by atoms with Gasteiger partial charge >= 0.3 is 5.97 Å². The van der Waals surface area contributed by atoms with Crippen molar-refractivity contribution < 1.29 is 14.0 Å². The van der Waals surface area contributed by atoms with Gasteiger partial charge in [0.1, 0.15) is 0 Å². The van der Waals surface area contributed by atoms with E-state index < -0.39 is 8.32 Å².